The monoisotopic (exact) mass is 251 g/mol. The molecule has 100 valence electrons. The summed E-state index contributed by atoms with van der Waals surface area (Å²) in [5.74, 6) is 1.08. The van der Waals surface area contributed by atoms with E-state index in [1.807, 2.05) is 0 Å². The molecule has 0 saturated heterocycles. The van der Waals surface area contributed by atoms with Crippen molar-refractivity contribution in [1.29, 1.82) is 0 Å². The smallest absolute Gasteiger partial charge is 0.251 e. The number of amides is 1. The lowest BCUT2D eigenvalue weighted by atomic mass is 10.2. The van der Waals surface area contributed by atoms with Crippen molar-refractivity contribution in [3.63, 3.8) is 0 Å². The van der Waals surface area contributed by atoms with Gasteiger partial charge in [-0.2, -0.15) is 0 Å². The molecule has 0 aliphatic rings. The maximum atomic E-state index is 11.8. The molecule has 5 heteroatoms. The summed E-state index contributed by atoms with van der Waals surface area (Å²) in [6.07, 6.45) is 1.61. The summed E-state index contributed by atoms with van der Waals surface area (Å²) in [6, 6.07) is 3.40. The molecular weight excluding hydrogens is 230 g/mol. The Balaban J connectivity index is 2.31. The first-order valence-corrected chi connectivity index (χ1v) is 6.13. The van der Waals surface area contributed by atoms with Crippen LogP contribution in [0, 0.1) is 5.92 Å². The van der Waals surface area contributed by atoms with Gasteiger partial charge in [-0.15, -0.1) is 0 Å². The van der Waals surface area contributed by atoms with Gasteiger partial charge < -0.3 is 15.4 Å². The number of nitrogens with one attached hydrogen (secondary N) is 2. The number of pyridine rings is 1. The second-order valence-electron chi connectivity index (χ2n) is 4.40. The number of aromatic nitrogens is 1. The van der Waals surface area contributed by atoms with Gasteiger partial charge in [0.05, 0.1) is 6.61 Å². The van der Waals surface area contributed by atoms with Gasteiger partial charge >= 0.3 is 0 Å². The van der Waals surface area contributed by atoms with Crippen LogP contribution in [0.3, 0.4) is 0 Å². The normalized spacial score (nSPS) is 10.4. The first-order valence-electron chi connectivity index (χ1n) is 6.13. The average molecular weight is 251 g/mol. The lowest BCUT2D eigenvalue weighted by Crippen LogP contribution is -2.27. The van der Waals surface area contributed by atoms with Crippen LogP contribution in [0.25, 0.3) is 0 Å². The third-order valence-corrected chi connectivity index (χ3v) is 2.26. The summed E-state index contributed by atoms with van der Waals surface area (Å²) in [6.45, 7) is 5.95. The van der Waals surface area contributed by atoms with Crippen molar-refractivity contribution >= 4 is 11.7 Å². The number of rotatable bonds is 7. The number of nitrogens with zero attached hydrogens (tertiary/aromatic N) is 1. The molecule has 1 aromatic rings. The van der Waals surface area contributed by atoms with Crippen LogP contribution in [0.15, 0.2) is 18.3 Å². The average Bonchev–Trinajstić information content (AvgIpc) is 2.37. The zero-order valence-corrected chi connectivity index (χ0v) is 11.2. The van der Waals surface area contributed by atoms with Crippen molar-refractivity contribution in [1.82, 2.24) is 10.3 Å². The minimum Gasteiger partial charge on any atom is -0.379 e. The molecule has 2 N–H and O–H groups in total. The summed E-state index contributed by atoms with van der Waals surface area (Å²) in [7, 11) is 1.77. The fourth-order valence-corrected chi connectivity index (χ4v) is 1.37. The van der Waals surface area contributed by atoms with E-state index in [0.29, 0.717) is 30.5 Å². The molecule has 0 bridgehead atoms. The van der Waals surface area contributed by atoms with E-state index < -0.39 is 0 Å². The van der Waals surface area contributed by atoms with Gasteiger partial charge in [-0.3, -0.25) is 4.79 Å². The molecule has 0 fully saturated rings. The summed E-state index contributed by atoms with van der Waals surface area (Å²) in [4.78, 5) is 15.8. The molecule has 0 aromatic carbocycles. The van der Waals surface area contributed by atoms with Gasteiger partial charge in [0.25, 0.3) is 5.91 Å². The number of anilines is 1. The Morgan fingerprint density at radius 3 is 2.94 bits per heavy atom. The minimum absolute atomic E-state index is 0.109. The van der Waals surface area contributed by atoms with E-state index in [2.05, 4.69) is 29.5 Å². The second kappa shape index (κ2) is 7.66. The van der Waals surface area contributed by atoms with Gasteiger partial charge in [-0.05, 0) is 18.1 Å². The third-order valence-electron chi connectivity index (χ3n) is 2.26. The number of carbonyl (C=O) groups is 1. The fraction of sp³-hybridized carbons (Fsp3) is 0.538. The first kappa shape index (κ1) is 14.4. The summed E-state index contributed by atoms with van der Waals surface area (Å²) in [5, 5.41) is 5.70. The zero-order valence-electron chi connectivity index (χ0n) is 11.2. The number of ether oxygens (including phenoxy) is 1. The van der Waals surface area contributed by atoms with E-state index in [-0.39, 0.29) is 5.91 Å². The Morgan fingerprint density at radius 2 is 2.28 bits per heavy atom. The Morgan fingerprint density at radius 1 is 1.50 bits per heavy atom. The van der Waals surface area contributed by atoms with E-state index >= 15 is 0 Å². The van der Waals surface area contributed by atoms with Gasteiger partial charge in [0.2, 0.25) is 0 Å². The third kappa shape index (κ3) is 5.14. The summed E-state index contributed by atoms with van der Waals surface area (Å²) < 4.78 is 5.39. The minimum atomic E-state index is -0.109. The second-order valence-corrected chi connectivity index (χ2v) is 4.40. The van der Waals surface area contributed by atoms with Gasteiger partial charge in [-0.1, -0.05) is 13.8 Å². The Bertz CT molecular complexity index is 380. The highest BCUT2D eigenvalue weighted by Gasteiger charge is 2.05. The number of hydrogen-bond donors (Lipinski definition) is 2. The van der Waals surface area contributed by atoms with Crippen LogP contribution in [0.4, 0.5) is 5.82 Å². The van der Waals surface area contributed by atoms with Gasteiger partial charge in [0.15, 0.2) is 0 Å². The Hall–Kier alpha value is -1.62. The van der Waals surface area contributed by atoms with Crippen LogP contribution in [0.2, 0.25) is 0 Å². The summed E-state index contributed by atoms with van der Waals surface area (Å²) in [5.41, 5.74) is 0.596. The zero-order chi connectivity index (χ0) is 13.4. The largest absolute Gasteiger partial charge is 0.379 e. The van der Waals surface area contributed by atoms with Crippen molar-refractivity contribution in [3.8, 4) is 0 Å². The maximum Gasteiger partial charge on any atom is 0.251 e. The molecule has 1 aromatic heterocycles. The quantitative estimate of drug-likeness (QED) is 0.721. The number of carbonyl (C=O) groups excluding carboxylic acids is 1. The molecule has 0 unspecified atom stereocenters. The predicted octanol–water partition coefficient (Wildman–Crippen LogP) is 1.53. The lowest BCUT2D eigenvalue weighted by molar-refractivity contribution is 0.0886. The highest BCUT2D eigenvalue weighted by atomic mass is 16.5. The molecule has 18 heavy (non-hydrogen) atoms. The molecular formula is C13H21N3O2. The molecule has 0 saturated carbocycles. The van der Waals surface area contributed by atoms with E-state index in [1.165, 1.54) is 0 Å². The molecule has 0 aliphatic heterocycles. The summed E-state index contributed by atoms with van der Waals surface area (Å²) >= 11 is 0. The Labute approximate surface area is 108 Å². The standard InChI is InChI=1S/C13H21N3O2/c1-10(2)9-18-7-6-16-13(17)11-4-5-15-12(8-11)14-3/h4-5,8,10H,6-7,9H2,1-3H3,(H,14,15)(H,16,17). The van der Waals surface area contributed by atoms with Crippen LogP contribution in [0.1, 0.15) is 24.2 Å². The number of hydrogen-bond acceptors (Lipinski definition) is 4. The van der Waals surface area contributed by atoms with Crippen molar-refractivity contribution < 1.29 is 9.53 Å². The van der Waals surface area contributed by atoms with Crippen LogP contribution in [0.5, 0.6) is 0 Å². The van der Waals surface area contributed by atoms with Gasteiger partial charge in [0, 0.05) is 32.0 Å². The predicted molar refractivity (Wildman–Crippen MR) is 71.8 cm³/mol. The first-order chi connectivity index (χ1) is 8.63. The molecule has 5 nitrogen and oxygen atoms in total. The molecule has 0 aliphatic carbocycles. The van der Waals surface area contributed by atoms with Crippen molar-refractivity contribution in [2.24, 2.45) is 5.92 Å². The van der Waals surface area contributed by atoms with Gasteiger partial charge in [-0.25, -0.2) is 4.98 Å². The van der Waals surface area contributed by atoms with E-state index in [0.717, 1.165) is 6.61 Å². The van der Waals surface area contributed by atoms with Gasteiger partial charge in [0.1, 0.15) is 5.82 Å². The van der Waals surface area contributed by atoms with Crippen molar-refractivity contribution in [2.75, 3.05) is 32.1 Å². The van der Waals surface area contributed by atoms with E-state index in [9.17, 15) is 4.79 Å². The van der Waals surface area contributed by atoms with Crippen molar-refractivity contribution in [3.05, 3.63) is 23.9 Å². The molecule has 1 heterocycles. The highest BCUT2D eigenvalue weighted by Crippen LogP contribution is 2.05. The molecule has 0 atom stereocenters. The molecule has 1 rings (SSSR count). The molecule has 0 spiro atoms. The molecule has 0 radical (unpaired) electrons. The van der Waals surface area contributed by atoms with Crippen LogP contribution in [-0.4, -0.2) is 37.7 Å². The topological polar surface area (TPSA) is 63.2 Å². The van der Waals surface area contributed by atoms with Crippen LogP contribution < -0.4 is 10.6 Å². The molecule has 1 amide bonds. The maximum absolute atomic E-state index is 11.8. The van der Waals surface area contributed by atoms with Crippen molar-refractivity contribution in [2.45, 2.75) is 13.8 Å². The fourth-order valence-electron chi connectivity index (χ4n) is 1.37. The van der Waals surface area contributed by atoms with E-state index in [1.54, 1.807) is 25.4 Å². The van der Waals surface area contributed by atoms with Crippen LogP contribution in [-0.2, 0) is 4.74 Å². The van der Waals surface area contributed by atoms with Crippen LogP contribution >= 0.6 is 0 Å². The Kier molecular flexibility index (Phi) is 6.14. The lowest BCUT2D eigenvalue weighted by Gasteiger charge is -2.08. The highest BCUT2D eigenvalue weighted by molar-refractivity contribution is 5.94. The SMILES string of the molecule is CNc1cc(C(=O)NCCOCC(C)C)ccn1. The van der Waals surface area contributed by atoms with E-state index in [4.69, 9.17) is 4.74 Å².